The Hall–Kier alpha value is -5.92. The minimum atomic E-state index is -1.08. The van der Waals surface area contributed by atoms with Gasteiger partial charge in [-0.25, -0.2) is 23.4 Å². The number of aromatic nitrogens is 5. The number of carboxylic acid groups (broad SMARTS) is 2. The molecule has 270 valence electrons. The molecule has 0 saturated carbocycles. The molecule has 0 atom stereocenters. The van der Waals surface area contributed by atoms with Gasteiger partial charge in [0.25, 0.3) is 0 Å². The molecule has 17 heteroatoms. The van der Waals surface area contributed by atoms with Crippen LogP contribution in [0.1, 0.15) is 26.3 Å². The average Bonchev–Trinajstić information content (AvgIpc) is 3.83. The van der Waals surface area contributed by atoms with Crippen molar-refractivity contribution in [3.05, 3.63) is 154 Å². The molecule has 5 heterocycles. The second-order valence-corrected chi connectivity index (χ2v) is 11.6. The van der Waals surface area contributed by atoms with E-state index < -0.39 is 23.6 Å². The van der Waals surface area contributed by atoms with E-state index in [1.807, 2.05) is 52.4 Å². The maximum absolute atomic E-state index is 14.3. The van der Waals surface area contributed by atoms with E-state index in [0.717, 1.165) is 27.5 Å². The summed E-state index contributed by atoms with van der Waals surface area (Å²) in [6, 6.07) is 24.7. The maximum Gasteiger partial charge on any atom is 2.00 e. The number of fused-ring (bicyclic) bond motifs is 1. The number of rotatable bonds is 7. The number of imidazole rings is 1. The van der Waals surface area contributed by atoms with Gasteiger partial charge in [-0.2, -0.15) is 10.3 Å². The summed E-state index contributed by atoms with van der Waals surface area (Å²) in [6.45, 7) is 0.229. The van der Waals surface area contributed by atoms with Crippen molar-refractivity contribution in [2.24, 2.45) is 0 Å². The molecule has 0 fully saturated rings. The van der Waals surface area contributed by atoms with Gasteiger partial charge in [-0.05, 0) is 71.6 Å². The van der Waals surface area contributed by atoms with E-state index in [2.05, 4.69) is 45.5 Å². The van der Waals surface area contributed by atoms with Crippen LogP contribution in [0.3, 0.4) is 0 Å². The number of benzene rings is 2. The Balaban J connectivity index is 0.000000270. The number of isothiocyanates is 2. The molecule has 7 aromatic rings. The van der Waals surface area contributed by atoms with Crippen molar-refractivity contribution in [3.63, 3.8) is 0 Å². The monoisotopic (exact) mass is 865 g/mol. The van der Waals surface area contributed by atoms with Crippen LogP contribution in [0.4, 0.5) is 8.78 Å². The summed E-state index contributed by atoms with van der Waals surface area (Å²) in [4.78, 5) is 40.0. The number of thiocarbonyl (C=S) groups is 2. The number of halogens is 2. The Morgan fingerprint density at radius 2 is 1.33 bits per heavy atom. The smallest absolute Gasteiger partial charge is 0.753 e. The molecule has 0 saturated heterocycles. The summed E-state index contributed by atoms with van der Waals surface area (Å²) in [6.07, 6.45) is 4.44. The van der Waals surface area contributed by atoms with Crippen molar-refractivity contribution in [2.45, 2.75) is 6.54 Å². The summed E-state index contributed by atoms with van der Waals surface area (Å²) < 4.78 is 29.6. The zero-order valence-corrected chi connectivity index (χ0v) is 31.5. The molecule has 54 heavy (non-hydrogen) atoms. The molecule has 0 aliphatic heterocycles. The van der Waals surface area contributed by atoms with Gasteiger partial charge in [0, 0.05) is 35.1 Å². The fraction of sp³-hybridized carbons (Fsp3) is 0.0270. The third kappa shape index (κ3) is 11.3. The largest absolute Gasteiger partial charge is 2.00 e. The molecular formula is C37H23F2N7O4RuS3. The predicted molar refractivity (Wildman–Crippen MR) is 205 cm³/mol. The minimum Gasteiger partial charge on any atom is -0.753 e. The molecule has 0 spiro atoms. The summed E-state index contributed by atoms with van der Waals surface area (Å²) in [5.41, 5.74) is 4.60. The van der Waals surface area contributed by atoms with E-state index in [1.165, 1.54) is 59.1 Å². The molecule has 0 aliphatic rings. The minimum absolute atomic E-state index is 0. The summed E-state index contributed by atoms with van der Waals surface area (Å²) in [5, 5.41) is 36.7. The van der Waals surface area contributed by atoms with Gasteiger partial charge in [-0.3, -0.25) is 15.0 Å². The Morgan fingerprint density at radius 1 is 0.759 bits per heavy atom. The normalized spacial score (nSPS) is 9.67. The van der Waals surface area contributed by atoms with Crippen molar-refractivity contribution in [1.82, 2.24) is 24.5 Å². The van der Waals surface area contributed by atoms with Crippen LogP contribution in [0.15, 0.2) is 115 Å². The number of para-hydroxylation sites is 2. The molecule has 0 radical (unpaired) electrons. The van der Waals surface area contributed by atoms with Crippen molar-refractivity contribution in [3.8, 4) is 33.3 Å². The van der Waals surface area contributed by atoms with Crippen LogP contribution in [0, 0.1) is 11.6 Å². The van der Waals surface area contributed by atoms with Crippen molar-refractivity contribution in [2.75, 3.05) is 0 Å². The van der Waals surface area contributed by atoms with E-state index in [9.17, 15) is 18.4 Å². The van der Waals surface area contributed by atoms with Gasteiger partial charge in [-0.15, -0.1) is 11.3 Å². The first-order valence-corrected chi connectivity index (χ1v) is 16.6. The van der Waals surface area contributed by atoms with E-state index in [-0.39, 0.29) is 37.1 Å². The number of carboxylic acids is 2. The van der Waals surface area contributed by atoms with Crippen molar-refractivity contribution in [1.29, 1.82) is 0 Å². The number of thiophene rings is 1. The van der Waals surface area contributed by atoms with Crippen LogP contribution in [0.2, 0.25) is 0 Å². The number of hydrogen-bond donors (Lipinski definition) is 2. The van der Waals surface area contributed by atoms with Gasteiger partial charge in [0.15, 0.2) is 5.82 Å². The fourth-order valence-electron chi connectivity index (χ4n) is 4.81. The first kappa shape index (κ1) is 42.5. The van der Waals surface area contributed by atoms with Crippen LogP contribution in [-0.4, -0.2) is 57.0 Å². The van der Waals surface area contributed by atoms with E-state index in [0.29, 0.717) is 28.5 Å². The molecule has 7 rings (SSSR count). The van der Waals surface area contributed by atoms with Gasteiger partial charge in [0.2, 0.25) is 0 Å². The zero-order chi connectivity index (χ0) is 38.3. The topological polar surface area (TPSA) is 176 Å². The standard InChI is InChI=1S/C23H15F2N3S.C12H8N2O4.2CNS.Ru/c24-17-8-7-16(18(25)13-17)14-28-21-5-2-1-4-19(21)27-23(28)20-12-15(9-10-26-20)22-6-3-11-29-22;15-11(16)7-1-3-13-9(5-7)10-6-8(12(17)18)2-4-14-10;2*2-1-3;/h1-13H,14H2;1-6H,(H,15,16)(H,17,18);;;/q;;2*-1;+2. The number of aromatic carboxylic acids is 2. The average molecular weight is 865 g/mol. The quantitative estimate of drug-likeness (QED) is 0.0894. The molecule has 0 unspecified atom stereocenters. The number of nitrogens with zero attached hydrogens (tertiary/aromatic N) is 7. The summed E-state index contributed by atoms with van der Waals surface area (Å²) in [7, 11) is 0. The molecular weight excluding hydrogens is 842 g/mol. The molecule has 2 aromatic carbocycles. The van der Waals surface area contributed by atoms with Crippen LogP contribution in [0.5, 0.6) is 0 Å². The predicted octanol–water partition coefficient (Wildman–Crippen LogP) is 9.01. The van der Waals surface area contributed by atoms with Gasteiger partial charge >= 0.3 is 31.4 Å². The summed E-state index contributed by atoms with van der Waals surface area (Å²) >= 11 is 9.05. The molecule has 0 bridgehead atoms. The van der Waals surface area contributed by atoms with Crippen LogP contribution >= 0.6 is 35.8 Å². The SMILES string of the molecule is Fc1ccc(Cn2c(-c3cc(-c4cccs4)ccn3)nc3ccccc32)c(F)c1.O=C(O)c1ccnc(-c2cc(C(=O)O)ccn2)c1.[N-]=C=S.[N-]=C=S.[Ru+2]. The van der Waals surface area contributed by atoms with E-state index in [4.69, 9.17) is 26.0 Å². The first-order valence-electron chi connectivity index (χ1n) is 14.9. The molecule has 5 aromatic heterocycles. The second kappa shape index (κ2) is 21.0. The fourth-order valence-corrected chi connectivity index (χ4v) is 5.53. The Labute approximate surface area is 333 Å². The maximum atomic E-state index is 14.3. The Bertz CT molecular complexity index is 2390. The van der Waals surface area contributed by atoms with Crippen molar-refractivity contribution >= 4 is 69.1 Å². The number of hydrogen-bond acceptors (Lipinski definition) is 9. The van der Waals surface area contributed by atoms with Crippen molar-refractivity contribution < 1.29 is 48.1 Å². The third-order valence-electron chi connectivity index (χ3n) is 7.07. The van der Waals surface area contributed by atoms with E-state index >= 15 is 0 Å². The van der Waals surface area contributed by atoms with Crippen LogP contribution < -0.4 is 0 Å². The molecule has 11 nitrogen and oxygen atoms in total. The first-order chi connectivity index (χ1) is 25.6. The number of pyridine rings is 3. The van der Waals surface area contributed by atoms with Gasteiger partial charge in [0.05, 0.1) is 40.1 Å². The van der Waals surface area contributed by atoms with Crippen LogP contribution in [-0.2, 0) is 26.0 Å². The van der Waals surface area contributed by atoms with Gasteiger partial charge in [-0.1, -0.05) is 48.7 Å². The Morgan fingerprint density at radius 3 is 1.89 bits per heavy atom. The third-order valence-corrected chi connectivity index (χ3v) is 7.99. The molecule has 2 N–H and O–H groups in total. The molecule has 0 amide bonds. The second-order valence-electron chi connectivity index (χ2n) is 10.3. The van der Waals surface area contributed by atoms with Gasteiger partial charge in [0.1, 0.15) is 17.3 Å². The number of carbonyl (C=O) groups is 2. The van der Waals surface area contributed by atoms with Gasteiger partial charge < -0.3 is 25.6 Å². The summed E-state index contributed by atoms with van der Waals surface area (Å²) in [5.74, 6) is -2.67. The Kier molecular flexibility index (Phi) is 16.5. The van der Waals surface area contributed by atoms with Crippen LogP contribution in [0.25, 0.3) is 55.2 Å². The van der Waals surface area contributed by atoms with E-state index in [1.54, 1.807) is 17.5 Å². The zero-order valence-electron chi connectivity index (χ0n) is 27.4. The molecule has 0 aliphatic carbocycles.